The van der Waals surface area contributed by atoms with Gasteiger partial charge in [0.2, 0.25) is 10.0 Å². The van der Waals surface area contributed by atoms with Gasteiger partial charge in [-0.3, -0.25) is 0 Å². The zero-order valence-corrected chi connectivity index (χ0v) is 12.0. The molecule has 0 saturated heterocycles. The number of hydrogen-bond donors (Lipinski definition) is 1. The van der Waals surface area contributed by atoms with Gasteiger partial charge in [-0.05, 0) is 12.5 Å². The third-order valence-electron chi connectivity index (χ3n) is 2.23. The highest BCUT2D eigenvalue weighted by atomic mass is 32.2. The fourth-order valence-corrected chi connectivity index (χ4v) is 3.19. The van der Waals surface area contributed by atoms with Crippen molar-refractivity contribution in [2.75, 3.05) is 18.6 Å². The summed E-state index contributed by atoms with van der Waals surface area (Å²) in [5.74, 6) is -0.335. The summed E-state index contributed by atoms with van der Waals surface area (Å²) in [7, 11) is -6.64. The number of nitrogens with one attached hydrogen (secondary N) is 1. The minimum Gasteiger partial charge on any atom is -0.229 e. The van der Waals surface area contributed by atoms with Crippen LogP contribution in [0.15, 0.2) is 24.3 Å². The lowest BCUT2D eigenvalue weighted by atomic mass is 10.2. The molecule has 0 radical (unpaired) electrons. The zero-order valence-electron chi connectivity index (χ0n) is 10.4. The summed E-state index contributed by atoms with van der Waals surface area (Å²) < 4.78 is 47.4. The predicted octanol–water partition coefficient (Wildman–Crippen LogP) is 0.459. The van der Waals surface area contributed by atoms with Gasteiger partial charge in [0.25, 0.3) is 0 Å². The lowest BCUT2D eigenvalue weighted by molar-refractivity contribution is 0.581. The average molecular weight is 291 g/mol. The Bertz CT molecular complexity index is 606. The standard InChI is InChI=1S/C11H17NO4S2/c1-10-4-3-5-11(8-10)9-18(15,16)12-6-7-17(2,13)14/h3-5,8,12H,6-7,9H2,1-2H3. The van der Waals surface area contributed by atoms with Crippen molar-refractivity contribution in [1.29, 1.82) is 0 Å². The highest BCUT2D eigenvalue weighted by Crippen LogP contribution is 2.07. The summed E-state index contributed by atoms with van der Waals surface area (Å²) >= 11 is 0. The highest BCUT2D eigenvalue weighted by Gasteiger charge is 2.12. The minimum atomic E-state index is -3.49. The van der Waals surface area contributed by atoms with E-state index in [0.29, 0.717) is 5.56 Å². The Kier molecular flexibility index (Phi) is 4.89. The van der Waals surface area contributed by atoms with Crippen LogP contribution in [0.2, 0.25) is 0 Å². The van der Waals surface area contributed by atoms with E-state index < -0.39 is 19.9 Å². The number of rotatable bonds is 6. The largest absolute Gasteiger partial charge is 0.229 e. The summed E-state index contributed by atoms with van der Waals surface area (Å²) in [6.07, 6.45) is 1.07. The molecule has 0 amide bonds. The van der Waals surface area contributed by atoms with Gasteiger partial charge in [-0.1, -0.05) is 29.8 Å². The zero-order chi connectivity index (χ0) is 13.8. The predicted molar refractivity (Wildman–Crippen MR) is 71.5 cm³/mol. The molecule has 0 heterocycles. The SMILES string of the molecule is Cc1cccc(CS(=O)(=O)NCCS(C)(=O)=O)c1. The molecule has 102 valence electrons. The number of sulfone groups is 1. The quantitative estimate of drug-likeness (QED) is 0.825. The van der Waals surface area contributed by atoms with Gasteiger partial charge in [-0.15, -0.1) is 0 Å². The van der Waals surface area contributed by atoms with Gasteiger partial charge in [-0.2, -0.15) is 0 Å². The van der Waals surface area contributed by atoms with Crippen molar-refractivity contribution in [3.05, 3.63) is 35.4 Å². The molecule has 0 bridgehead atoms. The maximum atomic E-state index is 11.7. The van der Waals surface area contributed by atoms with Gasteiger partial charge in [-0.25, -0.2) is 21.6 Å². The Labute approximate surface area is 108 Å². The summed E-state index contributed by atoms with van der Waals surface area (Å²) in [4.78, 5) is 0. The van der Waals surface area contributed by atoms with Crippen molar-refractivity contribution in [2.24, 2.45) is 0 Å². The first-order valence-corrected chi connectivity index (χ1v) is 9.10. The first-order valence-electron chi connectivity index (χ1n) is 5.38. The van der Waals surface area contributed by atoms with Gasteiger partial charge in [0.15, 0.2) is 0 Å². The normalized spacial score (nSPS) is 12.6. The van der Waals surface area contributed by atoms with Crippen molar-refractivity contribution in [3.63, 3.8) is 0 Å². The van der Waals surface area contributed by atoms with E-state index in [1.165, 1.54) is 0 Å². The molecule has 0 saturated carbocycles. The molecule has 0 aliphatic heterocycles. The molecule has 0 aromatic heterocycles. The Morgan fingerprint density at radius 2 is 1.83 bits per heavy atom. The van der Waals surface area contributed by atoms with Crippen LogP contribution >= 0.6 is 0 Å². The van der Waals surface area contributed by atoms with Gasteiger partial charge in [0.05, 0.1) is 11.5 Å². The molecule has 1 aromatic carbocycles. The number of aryl methyl sites for hydroxylation is 1. The molecule has 1 aromatic rings. The molecular weight excluding hydrogens is 274 g/mol. The van der Waals surface area contributed by atoms with Crippen LogP contribution in [0.25, 0.3) is 0 Å². The van der Waals surface area contributed by atoms with Crippen molar-refractivity contribution < 1.29 is 16.8 Å². The smallest absolute Gasteiger partial charge is 0.215 e. The van der Waals surface area contributed by atoms with E-state index in [-0.39, 0.29) is 18.1 Å². The third-order valence-corrected chi connectivity index (χ3v) is 4.54. The number of sulfonamides is 1. The molecule has 0 fully saturated rings. The van der Waals surface area contributed by atoms with E-state index >= 15 is 0 Å². The lowest BCUT2D eigenvalue weighted by Gasteiger charge is -2.06. The van der Waals surface area contributed by atoms with Crippen molar-refractivity contribution in [1.82, 2.24) is 4.72 Å². The molecule has 0 aliphatic rings. The Hall–Kier alpha value is -0.920. The van der Waals surface area contributed by atoms with Crippen molar-refractivity contribution in [2.45, 2.75) is 12.7 Å². The van der Waals surface area contributed by atoms with Crippen molar-refractivity contribution >= 4 is 19.9 Å². The Morgan fingerprint density at radius 3 is 2.39 bits per heavy atom. The summed E-state index contributed by atoms with van der Waals surface area (Å²) in [5.41, 5.74) is 1.67. The molecule has 0 aliphatic carbocycles. The second kappa shape index (κ2) is 5.81. The fourth-order valence-electron chi connectivity index (χ4n) is 1.45. The maximum Gasteiger partial charge on any atom is 0.215 e. The summed E-state index contributed by atoms with van der Waals surface area (Å²) in [6, 6.07) is 7.18. The van der Waals surface area contributed by atoms with E-state index in [2.05, 4.69) is 4.72 Å². The van der Waals surface area contributed by atoms with Gasteiger partial charge in [0, 0.05) is 12.8 Å². The van der Waals surface area contributed by atoms with E-state index in [4.69, 9.17) is 0 Å². The summed E-state index contributed by atoms with van der Waals surface area (Å²) in [5, 5.41) is 0. The van der Waals surface area contributed by atoms with Gasteiger partial charge in [0.1, 0.15) is 9.84 Å². The van der Waals surface area contributed by atoms with Crippen LogP contribution in [0.4, 0.5) is 0 Å². The molecule has 7 heteroatoms. The van der Waals surface area contributed by atoms with E-state index in [1.807, 2.05) is 13.0 Å². The van der Waals surface area contributed by atoms with Crippen LogP contribution in [0.1, 0.15) is 11.1 Å². The van der Waals surface area contributed by atoms with Crippen LogP contribution in [-0.2, 0) is 25.6 Å². The molecule has 5 nitrogen and oxygen atoms in total. The Morgan fingerprint density at radius 1 is 1.17 bits per heavy atom. The van der Waals surface area contributed by atoms with Crippen LogP contribution in [0.5, 0.6) is 0 Å². The van der Waals surface area contributed by atoms with E-state index in [9.17, 15) is 16.8 Å². The first-order chi connectivity index (χ1) is 8.18. The topological polar surface area (TPSA) is 80.3 Å². The van der Waals surface area contributed by atoms with E-state index in [1.54, 1.807) is 18.2 Å². The maximum absolute atomic E-state index is 11.7. The van der Waals surface area contributed by atoms with Crippen LogP contribution in [0.3, 0.4) is 0 Å². The number of hydrogen-bond acceptors (Lipinski definition) is 4. The molecule has 0 atom stereocenters. The highest BCUT2D eigenvalue weighted by molar-refractivity contribution is 7.91. The second-order valence-electron chi connectivity index (χ2n) is 4.27. The van der Waals surface area contributed by atoms with Crippen molar-refractivity contribution in [3.8, 4) is 0 Å². The van der Waals surface area contributed by atoms with Crippen LogP contribution in [0, 0.1) is 6.92 Å². The molecule has 1 N–H and O–H groups in total. The fraction of sp³-hybridized carbons (Fsp3) is 0.455. The average Bonchev–Trinajstić information content (AvgIpc) is 2.13. The molecule has 18 heavy (non-hydrogen) atoms. The lowest BCUT2D eigenvalue weighted by Crippen LogP contribution is -2.29. The first kappa shape index (κ1) is 15.1. The molecule has 0 spiro atoms. The van der Waals surface area contributed by atoms with Crippen LogP contribution in [-0.4, -0.2) is 35.4 Å². The monoisotopic (exact) mass is 291 g/mol. The van der Waals surface area contributed by atoms with Crippen LogP contribution < -0.4 is 4.72 Å². The Balaban J connectivity index is 2.60. The summed E-state index contributed by atoms with van der Waals surface area (Å²) in [6.45, 7) is 1.79. The third kappa shape index (κ3) is 6.13. The molecule has 0 unspecified atom stereocenters. The molecule has 1 rings (SSSR count). The van der Waals surface area contributed by atoms with Gasteiger partial charge < -0.3 is 0 Å². The second-order valence-corrected chi connectivity index (χ2v) is 8.34. The molecular formula is C11H17NO4S2. The number of benzene rings is 1. The van der Waals surface area contributed by atoms with E-state index in [0.717, 1.165) is 11.8 Å². The van der Waals surface area contributed by atoms with Gasteiger partial charge >= 0.3 is 0 Å². The minimum absolute atomic E-state index is 0.0903.